The number of fused-ring (bicyclic) bond motifs is 4. The van der Waals surface area contributed by atoms with Crippen molar-refractivity contribution >= 4 is 124 Å². The molecule has 7 aromatic carbocycles. The second-order valence-corrected chi connectivity index (χ2v) is 23.1. The van der Waals surface area contributed by atoms with Crippen molar-refractivity contribution < 1.29 is 38.1 Å². The van der Waals surface area contributed by atoms with Crippen molar-refractivity contribution in [3.8, 4) is 23.0 Å². The number of hydrogen-bond acceptors (Lipinski definition) is 8. The minimum absolute atomic E-state index is 0.149. The van der Waals surface area contributed by atoms with Gasteiger partial charge in [0.2, 0.25) is 0 Å². The average molecular weight is 1040 g/mol. The van der Waals surface area contributed by atoms with Crippen LogP contribution in [0, 0.1) is 49.4 Å². The minimum atomic E-state index is -0.589. The van der Waals surface area contributed by atoms with Gasteiger partial charge in [-0.05, 0) is 111 Å². The van der Waals surface area contributed by atoms with E-state index in [1.54, 1.807) is 36.4 Å². The number of ether oxygens (including phenoxy) is 4. The monoisotopic (exact) mass is 1040 g/mol. The lowest BCUT2D eigenvalue weighted by Gasteiger charge is -2.32. The van der Waals surface area contributed by atoms with Gasteiger partial charge in [0, 0.05) is 87.1 Å². The highest BCUT2D eigenvalue weighted by molar-refractivity contribution is 6.57. The van der Waals surface area contributed by atoms with E-state index < -0.39 is 23.6 Å². The van der Waals surface area contributed by atoms with Crippen LogP contribution in [0.2, 0.25) is 20.1 Å². The zero-order valence-corrected chi connectivity index (χ0v) is 43.3. The Labute approximate surface area is 436 Å². The van der Waals surface area contributed by atoms with Gasteiger partial charge in [-0.3, -0.25) is 19.2 Å². The normalized spacial score (nSPS) is 24.2. The molecular formula is C58H50Cl4N2O8. The third-order valence-corrected chi connectivity index (χ3v) is 18.3. The molecule has 10 nitrogen and oxygen atoms in total. The number of benzene rings is 7. The fourth-order valence-corrected chi connectivity index (χ4v) is 14.3. The second kappa shape index (κ2) is 17.0. The number of hydrogen-bond donors (Lipinski definition) is 0. The number of rotatable bonds is 4. The maximum absolute atomic E-state index is 15.0. The van der Waals surface area contributed by atoms with E-state index in [9.17, 15) is 19.2 Å². The Morgan fingerprint density at radius 1 is 0.375 bits per heavy atom. The first-order valence-corrected chi connectivity index (χ1v) is 26.7. The predicted molar refractivity (Wildman–Crippen MR) is 284 cm³/mol. The number of amides is 4. The summed E-state index contributed by atoms with van der Waals surface area (Å²) in [5.74, 6) is 2.61. The smallest absolute Gasteiger partial charge is 0.266 e. The molecule has 0 saturated heterocycles. The molecule has 368 valence electrons. The van der Waals surface area contributed by atoms with Gasteiger partial charge < -0.3 is 18.9 Å². The summed E-state index contributed by atoms with van der Waals surface area (Å²) in [6.45, 7) is 10.3. The van der Waals surface area contributed by atoms with E-state index in [1.165, 1.54) is 25.7 Å². The van der Waals surface area contributed by atoms with Gasteiger partial charge in [-0.15, -0.1) is 0 Å². The summed E-state index contributed by atoms with van der Waals surface area (Å²) in [4.78, 5) is 62.2. The van der Waals surface area contributed by atoms with Gasteiger partial charge in [0.15, 0.2) is 23.0 Å². The van der Waals surface area contributed by atoms with E-state index in [1.807, 2.05) is 26.0 Å². The van der Waals surface area contributed by atoms with Crippen molar-refractivity contribution in [2.75, 3.05) is 36.2 Å². The molecular weight excluding hydrogens is 994 g/mol. The van der Waals surface area contributed by atoms with Crippen LogP contribution in [0.25, 0.3) is 43.1 Å². The lowest BCUT2D eigenvalue weighted by molar-refractivity contribution is 0.0877. The highest BCUT2D eigenvalue weighted by Gasteiger charge is 2.42. The predicted octanol–water partition coefficient (Wildman–Crippen LogP) is 15.0. The van der Waals surface area contributed by atoms with Crippen LogP contribution in [-0.4, -0.2) is 50.1 Å². The molecule has 2 fully saturated rings. The number of nitrogens with zero attached hydrogens (tertiary/aromatic N) is 2. The second-order valence-electron chi connectivity index (χ2n) is 21.5. The van der Waals surface area contributed by atoms with Crippen LogP contribution >= 0.6 is 46.4 Å². The van der Waals surface area contributed by atoms with E-state index in [0.717, 1.165) is 47.3 Å². The van der Waals surface area contributed by atoms with E-state index in [4.69, 9.17) is 65.4 Å². The highest BCUT2D eigenvalue weighted by Crippen LogP contribution is 2.55. The van der Waals surface area contributed by atoms with Gasteiger partial charge in [0.25, 0.3) is 23.6 Å². The molecule has 2 atom stereocenters. The molecule has 2 aliphatic carbocycles. The van der Waals surface area contributed by atoms with Crippen molar-refractivity contribution in [3.63, 3.8) is 0 Å². The molecule has 13 rings (SSSR count). The molecule has 0 aromatic heterocycles. The lowest BCUT2D eigenvalue weighted by Crippen LogP contribution is -2.41. The molecule has 4 heterocycles. The Bertz CT molecular complexity index is 3210. The van der Waals surface area contributed by atoms with Crippen molar-refractivity contribution in [2.24, 2.45) is 35.5 Å². The lowest BCUT2D eigenvalue weighted by atomic mass is 9.77. The summed E-state index contributed by atoms with van der Waals surface area (Å²) in [6, 6.07) is 13.3. The molecule has 0 N–H and O–H groups in total. The zero-order valence-electron chi connectivity index (χ0n) is 40.2. The summed E-state index contributed by atoms with van der Waals surface area (Å²) in [6.07, 6.45) is 9.31. The van der Waals surface area contributed by atoms with Gasteiger partial charge in [-0.2, -0.15) is 0 Å². The third kappa shape index (κ3) is 6.87. The van der Waals surface area contributed by atoms with Crippen LogP contribution in [0.1, 0.15) is 118 Å². The minimum Gasteiger partial charge on any atom is -0.489 e. The summed E-state index contributed by atoms with van der Waals surface area (Å²) in [7, 11) is 0. The van der Waals surface area contributed by atoms with E-state index in [-0.39, 0.29) is 54.2 Å². The maximum atomic E-state index is 15.0. The molecule has 6 aliphatic rings. The number of anilines is 2. The Balaban J connectivity index is 0.898. The number of halogens is 4. The quantitative estimate of drug-likeness (QED) is 0.0973. The summed E-state index contributed by atoms with van der Waals surface area (Å²) in [5.41, 5.74) is 2.69. The van der Waals surface area contributed by atoms with Crippen LogP contribution < -0.4 is 28.7 Å². The molecule has 0 bridgehead atoms. The SMILES string of the molecule is Cc1cc2c(cc1N1C(=O)c3cc(Cl)c4c5c(Cl)cc6c7c(cc(Cl)c(c8c(Cl)cc(c3c48)C1=O)c75)C(=O)N(c1cc3c(cc1C)OCC(C1CCC(C)CC1)CO3)C6=O)OCC(C1CCC(C)CC1)CO2. The van der Waals surface area contributed by atoms with Crippen LogP contribution in [-0.2, 0) is 0 Å². The zero-order chi connectivity index (χ0) is 49.8. The van der Waals surface area contributed by atoms with E-state index in [0.29, 0.717) is 127 Å². The summed E-state index contributed by atoms with van der Waals surface area (Å²) in [5, 5.41) is 3.70. The van der Waals surface area contributed by atoms with Crippen LogP contribution in [0.5, 0.6) is 23.0 Å². The highest BCUT2D eigenvalue weighted by atomic mass is 35.5. The molecule has 4 amide bonds. The number of carbonyl (C=O) groups excluding carboxylic acids is 4. The maximum Gasteiger partial charge on any atom is 0.266 e. The molecule has 4 aliphatic heterocycles. The van der Waals surface area contributed by atoms with Gasteiger partial charge in [0.1, 0.15) is 0 Å². The van der Waals surface area contributed by atoms with Crippen molar-refractivity contribution in [1.82, 2.24) is 0 Å². The fourth-order valence-electron chi connectivity index (χ4n) is 13.1. The Kier molecular flexibility index (Phi) is 10.9. The third-order valence-electron chi connectivity index (χ3n) is 17.1. The Morgan fingerprint density at radius 3 is 0.944 bits per heavy atom. The number of aryl methyl sites for hydroxylation is 2. The first-order chi connectivity index (χ1) is 34.7. The standard InChI is InChI=1S/C58H50Cl4N2O8/c1-25-5-9-29(10-6-25)31-21-69-43-13-27(3)41(19-45(43)71-23-31)63-55(65)33-15-37(59)49-51-39(61)17-35-48-36(18-40(62)52(54(48)51)50-38(60)16-34(56(63)66)47(33)53(49)50)58(68)64(57(35)67)42-20-46-44(14-28(42)4)70-22-32(24-72-46)30-11-7-26(2)8-12-30/h13-20,25-26,29-32H,5-12,21-24H2,1-4H3. The van der Waals surface area contributed by atoms with E-state index in [2.05, 4.69) is 13.8 Å². The Morgan fingerprint density at radius 2 is 0.653 bits per heavy atom. The molecule has 2 saturated carbocycles. The molecule has 2 unspecified atom stereocenters. The molecule has 72 heavy (non-hydrogen) atoms. The number of imide groups is 2. The van der Waals surface area contributed by atoms with Crippen LogP contribution in [0.15, 0.2) is 48.5 Å². The van der Waals surface area contributed by atoms with Crippen LogP contribution in [0.3, 0.4) is 0 Å². The largest absolute Gasteiger partial charge is 0.489 e. The first kappa shape index (κ1) is 46.3. The summed E-state index contributed by atoms with van der Waals surface area (Å²) >= 11 is 29.4. The molecule has 14 heteroatoms. The van der Waals surface area contributed by atoms with Crippen molar-refractivity contribution in [2.45, 2.75) is 79.1 Å². The topological polar surface area (TPSA) is 112 Å². The molecule has 0 radical (unpaired) electrons. The average Bonchev–Trinajstić information content (AvgIpc) is 3.70. The number of carbonyl (C=O) groups is 4. The van der Waals surface area contributed by atoms with Crippen LogP contribution in [0.4, 0.5) is 11.4 Å². The fraction of sp³-hybridized carbons (Fsp3) is 0.379. The summed E-state index contributed by atoms with van der Waals surface area (Å²) < 4.78 is 25.6. The van der Waals surface area contributed by atoms with Gasteiger partial charge >= 0.3 is 0 Å². The van der Waals surface area contributed by atoms with Crippen molar-refractivity contribution in [3.05, 3.63) is 102 Å². The van der Waals surface area contributed by atoms with Gasteiger partial charge in [-0.25, -0.2) is 9.80 Å². The van der Waals surface area contributed by atoms with Crippen molar-refractivity contribution in [1.29, 1.82) is 0 Å². The molecule has 0 spiro atoms. The van der Waals surface area contributed by atoms with E-state index >= 15 is 0 Å². The Hall–Kier alpha value is -5.52. The van der Waals surface area contributed by atoms with Gasteiger partial charge in [0.05, 0.1) is 60.1 Å². The first-order valence-electron chi connectivity index (χ1n) is 25.2. The van der Waals surface area contributed by atoms with Gasteiger partial charge in [-0.1, -0.05) is 85.9 Å². The molecule has 7 aromatic rings.